The molecule has 2 rings (SSSR count). The van der Waals surface area contributed by atoms with Crippen molar-refractivity contribution in [3.63, 3.8) is 0 Å². The van der Waals surface area contributed by atoms with Gasteiger partial charge >= 0.3 is 0 Å². The minimum atomic E-state index is 0.514. The van der Waals surface area contributed by atoms with Crippen molar-refractivity contribution in [1.82, 2.24) is 9.78 Å². The molecule has 1 fully saturated rings. The van der Waals surface area contributed by atoms with E-state index in [1.165, 1.54) is 12.8 Å². The highest BCUT2D eigenvalue weighted by Gasteiger charge is 2.20. The first-order valence-electron chi connectivity index (χ1n) is 6.50. The number of halogens is 1. The molecule has 0 bridgehead atoms. The standard InChI is InChI=1S/C13H22ClN3O/c1-10-12(7-14)13(17(3)15-10)16(2)8-11-5-4-6-18-9-11/h11H,4-9H2,1-3H3. The summed E-state index contributed by atoms with van der Waals surface area (Å²) in [5.41, 5.74) is 2.16. The molecule has 0 N–H and O–H groups in total. The molecule has 4 nitrogen and oxygen atoms in total. The van der Waals surface area contributed by atoms with Crippen molar-refractivity contribution in [2.75, 3.05) is 31.7 Å². The van der Waals surface area contributed by atoms with Gasteiger partial charge in [0.25, 0.3) is 0 Å². The van der Waals surface area contributed by atoms with E-state index in [1.54, 1.807) is 0 Å². The molecule has 0 aliphatic carbocycles. The third-order valence-corrected chi connectivity index (χ3v) is 3.86. The van der Waals surface area contributed by atoms with Crippen molar-refractivity contribution in [3.8, 4) is 0 Å². The minimum absolute atomic E-state index is 0.514. The molecule has 1 aromatic rings. The molecular weight excluding hydrogens is 250 g/mol. The fourth-order valence-electron chi connectivity index (χ4n) is 2.75. The summed E-state index contributed by atoms with van der Waals surface area (Å²) in [6.45, 7) is 4.80. The summed E-state index contributed by atoms with van der Waals surface area (Å²) in [5.74, 6) is 2.26. The highest BCUT2D eigenvalue weighted by molar-refractivity contribution is 6.17. The Morgan fingerprint density at radius 1 is 1.56 bits per heavy atom. The quantitative estimate of drug-likeness (QED) is 0.788. The van der Waals surface area contributed by atoms with Gasteiger partial charge < -0.3 is 9.64 Å². The molecule has 0 amide bonds. The van der Waals surface area contributed by atoms with E-state index in [2.05, 4.69) is 17.0 Å². The van der Waals surface area contributed by atoms with E-state index in [0.29, 0.717) is 11.8 Å². The molecule has 0 spiro atoms. The van der Waals surface area contributed by atoms with E-state index in [4.69, 9.17) is 16.3 Å². The van der Waals surface area contributed by atoms with Crippen molar-refractivity contribution in [1.29, 1.82) is 0 Å². The highest BCUT2D eigenvalue weighted by Crippen LogP contribution is 2.25. The number of hydrogen-bond donors (Lipinski definition) is 0. The topological polar surface area (TPSA) is 30.3 Å². The average molecular weight is 272 g/mol. The normalized spacial score (nSPS) is 20.1. The lowest BCUT2D eigenvalue weighted by atomic mass is 10.0. The van der Waals surface area contributed by atoms with E-state index < -0.39 is 0 Å². The fraction of sp³-hybridized carbons (Fsp3) is 0.769. The summed E-state index contributed by atoms with van der Waals surface area (Å²) in [6, 6.07) is 0. The number of rotatable bonds is 4. The second-order valence-corrected chi connectivity index (χ2v) is 5.38. The van der Waals surface area contributed by atoms with Crippen LogP contribution in [0.3, 0.4) is 0 Å². The molecule has 0 radical (unpaired) electrons. The van der Waals surface area contributed by atoms with Crippen LogP contribution >= 0.6 is 11.6 Å². The number of ether oxygens (including phenoxy) is 1. The Hall–Kier alpha value is -0.740. The lowest BCUT2D eigenvalue weighted by molar-refractivity contribution is 0.0575. The molecule has 0 saturated carbocycles. The van der Waals surface area contributed by atoms with Gasteiger partial charge in [0.05, 0.1) is 18.2 Å². The van der Waals surface area contributed by atoms with Crippen LogP contribution in [0.5, 0.6) is 0 Å². The van der Waals surface area contributed by atoms with Crippen molar-refractivity contribution in [3.05, 3.63) is 11.3 Å². The Bertz CT molecular complexity index is 399. The van der Waals surface area contributed by atoms with Gasteiger partial charge in [-0.1, -0.05) is 0 Å². The number of alkyl halides is 1. The van der Waals surface area contributed by atoms with Gasteiger partial charge in [0.1, 0.15) is 5.82 Å². The SMILES string of the molecule is Cc1nn(C)c(N(C)CC2CCCOC2)c1CCl. The first-order chi connectivity index (χ1) is 8.63. The predicted octanol–water partition coefficient (Wildman–Crippen LogP) is 2.33. The van der Waals surface area contributed by atoms with Crippen LogP contribution in [0.4, 0.5) is 5.82 Å². The first kappa shape index (κ1) is 13.7. The number of aromatic nitrogens is 2. The van der Waals surface area contributed by atoms with Gasteiger partial charge in [0.2, 0.25) is 0 Å². The monoisotopic (exact) mass is 271 g/mol. The van der Waals surface area contributed by atoms with Crippen molar-refractivity contribution in [2.45, 2.75) is 25.6 Å². The maximum Gasteiger partial charge on any atom is 0.130 e. The molecule has 2 heterocycles. The van der Waals surface area contributed by atoms with Gasteiger partial charge in [-0.05, 0) is 25.7 Å². The summed E-state index contributed by atoms with van der Waals surface area (Å²) in [7, 11) is 4.09. The average Bonchev–Trinajstić information content (AvgIpc) is 2.64. The largest absolute Gasteiger partial charge is 0.381 e. The molecule has 1 aromatic heterocycles. The summed E-state index contributed by atoms with van der Waals surface area (Å²) in [4.78, 5) is 2.26. The number of hydrogen-bond acceptors (Lipinski definition) is 3. The third kappa shape index (κ3) is 2.81. The van der Waals surface area contributed by atoms with Gasteiger partial charge in [0, 0.05) is 32.8 Å². The summed E-state index contributed by atoms with van der Waals surface area (Å²) in [6.07, 6.45) is 2.42. The van der Waals surface area contributed by atoms with E-state index in [-0.39, 0.29) is 0 Å². The van der Waals surface area contributed by atoms with Gasteiger partial charge in [-0.2, -0.15) is 5.10 Å². The first-order valence-corrected chi connectivity index (χ1v) is 7.04. The zero-order valence-corrected chi connectivity index (χ0v) is 12.2. The van der Waals surface area contributed by atoms with Crippen LogP contribution in [0.2, 0.25) is 0 Å². The van der Waals surface area contributed by atoms with Gasteiger partial charge in [-0.3, -0.25) is 4.68 Å². The molecule has 1 atom stereocenters. The van der Waals surface area contributed by atoms with E-state index in [9.17, 15) is 0 Å². The maximum absolute atomic E-state index is 6.03. The van der Waals surface area contributed by atoms with Crippen molar-refractivity contribution >= 4 is 17.4 Å². The summed E-state index contributed by atoms with van der Waals surface area (Å²) in [5, 5.41) is 4.46. The maximum atomic E-state index is 6.03. The molecule has 1 unspecified atom stereocenters. The van der Waals surface area contributed by atoms with Crippen LogP contribution < -0.4 is 4.90 Å². The number of aryl methyl sites for hydroxylation is 2. The van der Waals surface area contributed by atoms with Gasteiger partial charge in [-0.15, -0.1) is 11.6 Å². The van der Waals surface area contributed by atoms with Crippen LogP contribution in [0.1, 0.15) is 24.1 Å². The zero-order chi connectivity index (χ0) is 13.1. The smallest absolute Gasteiger partial charge is 0.130 e. The molecule has 1 aliphatic heterocycles. The van der Waals surface area contributed by atoms with Crippen LogP contribution in [-0.4, -0.2) is 36.6 Å². The fourth-order valence-corrected chi connectivity index (χ4v) is 3.06. The second-order valence-electron chi connectivity index (χ2n) is 5.11. The van der Waals surface area contributed by atoms with Crippen LogP contribution in [0.25, 0.3) is 0 Å². The Kier molecular flexibility index (Phi) is 4.51. The Morgan fingerprint density at radius 3 is 2.94 bits per heavy atom. The van der Waals surface area contributed by atoms with Gasteiger partial charge in [0.15, 0.2) is 0 Å². The molecule has 18 heavy (non-hydrogen) atoms. The van der Waals surface area contributed by atoms with Crippen LogP contribution in [0, 0.1) is 12.8 Å². The highest BCUT2D eigenvalue weighted by atomic mass is 35.5. The van der Waals surface area contributed by atoms with Crippen LogP contribution in [-0.2, 0) is 17.7 Å². The number of anilines is 1. The molecule has 5 heteroatoms. The predicted molar refractivity (Wildman–Crippen MR) is 74.3 cm³/mol. The van der Waals surface area contributed by atoms with Crippen molar-refractivity contribution in [2.24, 2.45) is 13.0 Å². The summed E-state index contributed by atoms with van der Waals surface area (Å²) < 4.78 is 7.46. The van der Waals surface area contributed by atoms with E-state index in [0.717, 1.165) is 36.8 Å². The van der Waals surface area contributed by atoms with E-state index >= 15 is 0 Å². The second kappa shape index (κ2) is 5.93. The Labute approximate surface area is 114 Å². The Morgan fingerprint density at radius 2 is 2.33 bits per heavy atom. The minimum Gasteiger partial charge on any atom is -0.381 e. The van der Waals surface area contributed by atoms with Crippen molar-refractivity contribution < 1.29 is 4.74 Å². The van der Waals surface area contributed by atoms with E-state index in [1.807, 2.05) is 18.7 Å². The molecule has 1 aliphatic rings. The summed E-state index contributed by atoms with van der Waals surface area (Å²) >= 11 is 6.03. The lowest BCUT2D eigenvalue weighted by Gasteiger charge is -2.28. The lowest BCUT2D eigenvalue weighted by Crippen LogP contribution is -2.32. The molecule has 1 saturated heterocycles. The molecule has 102 valence electrons. The number of nitrogens with zero attached hydrogens (tertiary/aromatic N) is 3. The van der Waals surface area contributed by atoms with Crippen LogP contribution in [0.15, 0.2) is 0 Å². The van der Waals surface area contributed by atoms with Gasteiger partial charge in [-0.25, -0.2) is 0 Å². The Balaban J connectivity index is 2.10. The zero-order valence-electron chi connectivity index (χ0n) is 11.4. The third-order valence-electron chi connectivity index (χ3n) is 3.60. The molecule has 0 aromatic carbocycles. The molecular formula is C13H22ClN3O.